The Balaban J connectivity index is 1.37. The Bertz CT molecular complexity index is 1550. The van der Waals surface area contributed by atoms with Gasteiger partial charge in [0, 0.05) is 28.4 Å². The van der Waals surface area contributed by atoms with Crippen LogP contribution in [0.2, 0.25) is 5.02 Å². The molecule has 196 valence electrons. The summed E-state index contributed by atoms with van der Waals surface area (Å²) in [6.45, 7) is 2.71. The van der Waals surface area contributed by atoms with Crippen LogP contribution in [-0.4, -0.2) is 34.3 Å². The number of carbonyl (C=O) groups is 3. The van der Waals surface area contributed by atoms with Crippen LogP contribution in [0.15, 0.2) is 85.1 Å². The third-order valence-corrected chi connectivity index (χ3v) is 6.86. The normalized spacial score (nSPS) is 12.6. The number of aryl methyl sites for hydroxylation is 1. The fourth-order valence-electron chi connectivity index (χ4n) is 4.32. The predicted molar refractivity (Wildman–Crippen MR) is 151 cm³/mol. The fourth-order valence-corrected chi connectivity index (χ4v) is 4.45. The van der Waals surface area contributed by atoms with Crippen molar-refractivity contribution >= 4 is 46.3 Å². The topological polar surface area (TPSA) is 99.6 Å². The summed E-state index contributed by atoms with van der Waals surface area (Å²) in [5.41, 5.74) is 3.42. The monoisotopic (exact) mass is 539 g/mol. The molecule has 1 saturated carbocycles. The van der Waals surface area contributed by atoms with E-state index in [0.717, 1.165) is 23.5 Å². The van der Waals surface area contributed by atoms with E-state index in [2.05, 4.69) is 15.2 Å². The number of ketones is 1. The number of hydrogen-bond acceptors (Lipinski definition) is 5. The highest BCUT2D eigenvalue weighted by Gasteiger charge is 2.26. The van der Waals surface area contributed by atoms with Crippen molar-refractivity contribution in [2.75, 3.05) is 16.8 Å². The lowest BCUT2D eigenvalue weighted by atomic mass is 10.0. The summed E-state index contributed by atoms with van der Waals surface area (Å²) in [5, 5.41) is 13.1. The van der Waals surface area contributed by atoms with Crippen LogP contribution < -0.4 is 10.2 Å². The number of carboxylic acid groups (broad SMARTS) is 1. The van der Waals surface area contributed by atoms with Crippen molar-refractivity contribution in [3.63, 3.8) is 0 Å². The second kappa shape index (κ2) is 11.1. The van der Waals surface area contributed by atoms with Crippen LogP contribution in [0, 0.1) is 12.8 Å². The van der Waals surface area contributed by atoms with Gasteiger partial charge in [0.15, 0.2) is 0 Å². The maximum Gasteiger partial charge on any atom is 0.337 e. The average molecular weight is 540 g/mol. The number of benzene rings is 3. The molecule has 1 heterocycles. The molecule has 1 aromatic heterocycles. The number of aromatic nitrogens is 1. The van der Waals surface area contributed by atoms with E-state index < -0.39 is 17.7 Å². The number of halogens is 1. The molecule has 39 heavy (non-hydrogen) atoms. The van der Waals surface area contributed by atoms with E-state index in [1.54, 1.807) is 30.5 Å². The molecule has 1 fully saturated rings. The highest BCUT2D eigenvalue weighted by molar-refractivity contribution is 6.30. The zero-order valence-electron chi connectivity index (χ0n) is 21.2. The first kappa shape index (κ1) is 26.1. The van der Waals surface area contributed by atoms with Gasteiger partial charge in [-0.2, -0.15) is 0 Å². The van der Waals surface area contributed by atoms with Crippen molar-refractivity contribution in [3.05, 3.63) is 118 Å². The van der Waals surface area contributed by atoms with Crippen LogP contribution in [0.1, 0.15) is 55.2 Å². The molecule has 5 rings (SSSR count). The molecule has 2 N–H and O–H groups in total. The number of carbonyl (C=O) groups excluding carboxylic acids is 2. The Morgan fingerprint density at radius 3 is 2.33 bits per heavy atom. The number of aromatic carboxylic acids is 1. The van der Waals surface area contributed by atoms with Crippen LogP contribution in [0.4, 0.5) is 17.1 Å². The van der Waals surface area contributed by atoms with Crippen LogP contribution in [0.5, 0.6) is 0 Å². The van der Waals surface area contributed by atoms with E-state index in [9.17, 15) is 19.5 Å². The number of nitrogens with zero attached hydrogens (tertiary/aromatic N) is 2. The molecule has 1 aliphatic rings. The molecule has 0 unspecified atom stereocenters. The first-order chi connectivity index (χ1) is 18.8. The molecule has 0 saturated heterocycles. The molecule has 1 amide bonds. The molecule has 4 aromatic rings. The van der Waals surface area contributed by atoms with Crippen molar-refractivity contribution in [2.45, 2.75) is 19.8 Å². The van der Waals surface area contributed by atoms with Crippen molar-refractivity contribution in [1.82, 2.24) is 4.98 Å². The molecule has 0 radical (unpaired) electrons. The SMILES string of the molecule is Cc1cccc(C(=O)Nc2ccc(C(=O)c3ccc(N(CC4CC4)c4ccc(Cl)cc4)cn3)cc2C(=O)O)c1. The minimum Gasteiger partial charge on any atom is -0.478 e. The van der Waals surface area contributed by atoms with Gasteiger partial charge >= 0.3 is 5.97 Å². The minimum absolute atomic E-state index is 0.104. The number of amides is 1. The number of nitrogens with one attached hydrogen (secondary N) is 1. The van der Waals surface area contributed by atoms with Gasteiger partial charge in [-0.25, -0.2) is 4.79 Å². The van der Waals surface area contributed by atoms with Crippen LogP contribution in [0.25, 0.3) is 0 Å². The smallest absolute Gasteiger partial charge is 0.337 e. The quantitative estimate of drug-likeness (QED) is 0.228. The van der Waals surface area contributed by atoms with Gasteiger partial charge in [0.2, 0.25) is 5.78 Å². The lowest BCUT2D eigenvalue weighted by Crippen LogP contribution is -2.20. The van der Waals surface area contributed by atoms with E-state index in [1.165, 1.54) is 31.0 Å². The summed E-state index contributed by atoms with van der Waals surface area (Å²) >= 11 is 6.07. The highest BCUT2D eigenvalue weighted by atomic mass is 35.5. The zero-order valence-corrected chi connectivity index (χ0v) is 22.0. The van der Waals surface area contributed by atoms with Gasteiger partial charge in [-0.1, -0.05) is 29.3 Å². The largest absolute Gasteiger partial charge is 0.478 e. The second-order valence-corrected chi connectivity index (χ2v) is 10.1. The van der Waals surface area contributed by atoms with Gasteiger partial charge in [0.05, 0.1) is 23.1 Å². The predicted octanol–water partition coefficient (Wildman–Crippen LogP) is 6.77. The summed E-state index contributed by atoms with van der Waals surface area (Å²) in [4.78, 5) is 44.4. The Hall–Kier alpha value is -4.49. The zero-order chi connectivity index (χ0) is 27.5. The Kier molecular flexibility index (Phi) is 7.43. The Morgan fingerprint density at radius 2 is 1.69 bits per heavy atom. The summed E-state index contributed by atoms with van der Waals surface area (Å²) in [5.74, 6) is -1.50. The Labute approximate surface area is 231 Å². The van der Waals surface area contributed by atoms with Crippen LogP contribution in [0.3, 0.4) is 0 Å². The first-order valence-corrected chi connectivity index (χ1v) is 13.0. The fraction of sp³-hybridized carbons (Fsp3) is 0.161. The van der Waals surface area contributed by atoms with Crippen LogP contribution in [-0.2, 0) is 0 Å². The summed E-state index contributed by atoms with van der Waals surface area (Å²) in [7, 11) is 0. The van der Waals surface area contributed by atoms with Crippen molar-refractivity contribution in [3.8, 4) is 0 Å². The van der Waals surface area contributed by atoms with E-state index in [1.807, 2.05) is 43.3 Å². The number of hydrogen-bond donors (Lipinski definition) is 2. The number of carboxylic acids is 1. The third kappa shape index (κ3) is 6.16. The van der Waals surface area contributed by atoms with E-state index in [4.69, 9.17) is 11.6 Å². The minimum atomic E-state index is -1.26. The number of rotatable bonds is 9. The summed E-state index contributed by atoms with van der Waals surface area (Å²) < 4.78 is 0. The number of anilines is 3. The average Bonchev–Trinajstić information content (AvgIpc) is 3.76. The molecule has 1 aliphatic carbocycles. The molecule has 8 heteroatoms. The van der Waals surface area contributed by atoms with Crippen molar-refractivity contribution < 1.29 is 19.5 Å². The molecular formula is C31H26ClN3O4. The maximum atomic E-state index is 13.2. The summed E-state index contributed by atoms with van der Waals surface area (Å²) in [6, 6.07) is 22.2. The standard InChI is InChI=1S/C31H26ClN3O4/c1-19-3-2-4-22(15-19)30(37)34-27-13-7-21(16-26(27)31(38)39)29(36)28-14-12-25(17-33-28)35(18-20-5-6-20)24-10-8-23(32)9-11-24/h2-4,7-17,20H,5-6,18H2,1H3,(H,34,37)(H,38,39). The molecule has 0 bridgehead atoms. The summed E-state index contributed by atoms with van der Waals surface area (Å²) in [6.07, 6.45) is 4.02. The van der Waals surface area contributed by atoms with Gasteiger partial charge < -0.3 is 15.3 Å². The maximum absolute atomic E-state index is 13.2. The molecule has 0 atom stereocenters. The van der Waals surface area contributed by atoms with E-state index in [0.29, 0.717) is 16.5 Å². The number of pyridine rings is 1. The van der Waals surface area contributed by atoms with Gasteiger partial charge in [-0.15, -0.1) is 0 Å². The van der Waals surface area contributed by atoms with Crippen molar-refractivity contribution in [1.29, 1.82) is 0 Å². The molecule has 7 nitrogen and oxygen atoms in total. The van der Waals surface area contributed by atoms with Gasteiger partial charge in [-0.05, 0) is 92.4 Å². The van der Waals surface area contributed by atoms with Crippen LogP contribution >= 0.6 is 11.6 Å². The van der Waals surface area contributed by atoms with E-state index >= 15 is 0 Å². The van der Waals surface area contributed by atoms with Gasteiger partial charge in [0.25, 0.3) is 5.91 Å². The third-order valence-electron chi connectivity index (χ3n) is 6.61. The molecule has 0 aliphatic heterocycles. The van der Waals surface area contributed by atoms with Gasteiger partial charge in [0.1, 0.15) is 5.69 Å². The van der Waals surface area contributed by atoms with Crippen molar-refractivity contribution in [2.24, 2.45) is 5.92 Å². The first-order valence-electron chi connectivity index (χ1n) is 12.6. The highest BCUT2D eigenvalue weighted by Crippen LogP contribution is 2.35. The Morgan fingerprint density at radius 1 is 0.949 bits per heavy atom. The lowest BCUT2D eigenvalue weighted by molar-refractivity contribution is 0.0698. The van der Waals surface area contributed by atoms with Gasteiger partial charge in [-0.3, -0.25) is 14.6 Å². The lowest BCUT2D eigenvalue weighted by Gasteiger charge is -2.25. The van der Waals surface area contributed by atoms with E-state index in [-0.39, 0.29) is 22.5 Å². The molecule has 0 spiro atoms. The molecular weight excluding hydrogens is 514 g/mol. The second-order valence-electron chi connectivity index (χ2n) is 9.65. The molecule has 3 aromatic carbocycles.